The Bertz CT molecular complexity index is 351. The molecule has 0 unspecified atom stereocenters. The van der Waals surface area contributed by atoms with Gasteiger partial charge in [0.05, 0.1) is 0 Å². The molecule has 2 rings (SSSR count). The van der Waals surface area contributed by atoms with Crippen LogP contribution in [0.3, 0.4) is 0 Å². The SMILES string of the molecule is O=C(O)c1cccnc1N1CCCC1.[NaH]. The van der Waals surface area contributed by atoms with Crippen LogP contribution in [0, 0.1) is 0 Å². The predicted octanol–water partition coefficient (Wildman–Crippen LogP) is 0.731. The Hall–Kier alpha value is -0.580. The van der Waals surface area contributed by atoms with Crippen molar-refractivity contribution in [2.45, 2.75) is 12.8 Å². The number of carbonyl (C=O) groups is 1. The number of aromatic carboxylic acids is 1. The third-order valence-electron chi connectivity index (χ3n) is 2.42. The van der Waals surface area contributed by atoms with Crippen molar-refractivity contribution >= 4 is 41.3 Å². The van der Waals surface area contributed by atoms with Crippen LogP contribution in [-0.2, 0) is 0 Å². The summed E-state index contributed by atoms with van der Waals surface area (Å²) in [7, 11) is 0. The molecule has 0 aromatic carbocycles. The van der Waals surface area contributed by atoms with Crippen LogP contribution in [0.15, 0.2) is 18.3 Å². The van der Waals surface area contributed by atoms with E-state index in [9.17, 15) is 4.79 Å². The molecule has 1 aromatic heterocycles. The Kier molecular flexibility index (Phi) is 4.57. The van der Waals surface area contributed by atoms with Crippen molar-refractivity contribution in [1.29, 1.82) is 0 Å². The van der Waals surface area contributed by atoms with Crippen LogP contribution in [0.2, 0.25) is 0 Å². The van der Waals surface area contributed by atoms with Gasteiger partial charge >= 0.3 is 35.5 Å². The summed E-state index contributed by atoms with van der Waals surface area (Å²) < 4.78 is 0. The molecule has 1 saturated heterocycles. The van der Waals surface area contributed by atoms with Crippen LogP contribution in [0.1, 0.15) is 23.2 Å². The summed E-state index contributed by atoms with van der Waals surface area (Å²) in [5, 5.41) is 8.96. The number of nitrogens with zero attached hydrogens (tertiary/aromatic N) is 2. The van der Waals surface area contributed by atoms with E-state index in [-0.39, 0.29) is 29.6 Å². The number of anilines is 1. The first-order valence-electron chi connectivity index (χ1n) is 4.72. The summed E-state index contributed by atoms with van der Waals surface area (Å²) in [5.41, 5.74) is 0.300. The fraction of sp³-hybridized carbons (Fsp3) is 0.400. The van der Waals surface area contributed by atoms with Crippen LogP contribution in [-0.4, -0.2) is 58.7 Å². The second-order valence-corrected chi connectivity index (χ2v) is 3.37. The molecule has 0 bridgehead atoms. The molecular formula is C10H13N2NaO2. The molecule has 5 heteroatoms. The van der Waals surface area contributed by atoms with Gasteiger partial charge in [-0.3, -0.25) is 0 Å². The number of aromatic nitrogens is 1. The van der Waals surface area contributed by atoms with Gasteiger partial charge in [-0.1, -0.05) is 0 Å². The Morgan fingerprint density at radius 1 is 1.40 bits per heavy atom. The van der Waals surface area contributed by atoms with E-state index in [0.29, 0.717) is 11.4 Å². The maximum atomic E-state index is 10.9. The average molecular weight is 216 g/mol. The van der Waals surface area contributed by atoms with Crippen molar-refractivity contribution in [2.75, 3.05) is 18.0 Å². The fourth-order valence-electron chi connectivity index (χ4n) is 1.74. The molecule has 1 aromatic rings. The van der Waals surface area contributed by atoms with E-state index in [1.807, 2.05) is 4.90 Å². The van der Waals surface area contributed by atoms with Gasteiger partial charge < -0.3 is 10.0 Å². The van der Waals surface area contributed by atoms with E-state index >= 15 is 0 Å². The standard InChI is InChI=1S/C10H12N2O2.Na.H/c13-10(14)8-4-3-5-11-9(8)12-6-1-2-7-12;;/h3-5H,1-2,6-7H2,(H,13,14);;. The normalized spacial score (nSPS) is 14.8. The number of pyridine rings is 1. The van der Waals surface area contributed by atoms with Gasteiger partial charge in [0, 0.05) is 19.3 Å². The Balaban J connectivity index is 0.00000112. The summed E-state index contributed by atoms with van der Waals surface area (Å²) >= 11 is 0. The molecular weight excluding hydrogens is 203 g/mol. The first-order valence-corrected chi connectivity index (χ1v) is 4.72. The van der Waals surface area contributed by atoms with E-state index in [0.717, 1.165) is 25.9 Å². The number of hydrogen-bond donors (Lipinski definition) is 1. The number of carboxylic acid groups (broad SMARTS) is 1. The molecule has 0 amide bonds. The molecule has 2 heterocycles. The van der Waals surface area contributed by atoms with Gasteiger partial charge in [0.15, 0.2) is 0 Å². The minimum atomic E-state index is -0.903. The molecule has 1 aliphatic rings. The van der Waals surface area contributed by atoms with Crippen LogP contribution in [0.25, 0.3) is 0 Å². The topological polar surface area (TPSA) is 53.4 Å². The quantitative estimate of drug-likeness (QED) is 0.740. The third kappa shape index (κ3) is 2.71. The van der Waals surface area contributed by atoms with Gasteiger partial charge in [0.2, 0.25) is 0 Å². The minimum absolute atomic E-state index is 0. The van der Waals surface area contributed by atoms with Crippen molar-refractivity contribution in [3.8, 4) is 0 Å². The van der Waals surface area contributed by atoms with Crippen LogP contribution in [0.4, 0.5) is 5.82 Å². The Morgan fingerprint density at radius 2 is 2.07 bits per heavy atom. The summed E-state index contributed by atoms with van der Waals surface area (Å²) in [6.45, 7) is 1.83. The fourth-order valence-corrected chi connectivity index (χ4v) is 1.74. The molecule has 0 saturated carbocycles. The van der Waals surface area contributed by atoms with Crippen molar-refractivity contribution in [1.82, 2.24) is 4.98 Å². The molecule has 1 N–H and O–H groups in total. The summed E-state index contributed by atoms with van der Waals surface area (Å²) in [6, 6.07) is 3.26. The van der Waals surface area contributed by atoms with Gasteiger partial charge in [-0.05, 0) is 25.0 Å². The molecule has 0 radical (unpaired) electrons. The zero-order chi connectivity index (χ0) is 9.97. The summed E-state index contributed by atoms with van der Waals surface area (Å²) in [5.74, 6) is -0.294. The van der Waals surface area contributed by atoms with E-state index < -0.39 is 5.97 Å². The van der Waals surface area contributed by atoms with Gasteiger partial charge in [-0.15, -0.1) is 0 Å². The summed E-state index contributed by atoms with van der Waals surface area (Å²) in [6.07, 6.45) is 3.88. The zero-order valence-corrected chi connectivity index (χ0v) is 7.81. The second kappa shape index (κ2) is 5.49. The van der Waals surface area contributed by atoms with Crippen molar-refractivity contribution < 1.29 is 9.90 Å². The third-order valence-corrected chi connectivity index (χ3v) is 2.42. The second-order valence-electron chi connectivity index (χ2n) is 3.37. The van der Waals surface area contributed by atoms with E-state index in [4.69, 9.17) is 5.11 Å². The number of hydrogen-bond acceptors (Lipinski definition) is 3. The zero-order valence-electron chi connectivity index (χ0n) is 7.81. The van der Waals surface area contributed by atoms with Crippen LogP contribution < -0.4 is 4.90 Å². The molecule has 76 valence electrons. The van der Waals surface area contributed by atoms with Crippen molar-refractivity contribution in [3.05, 3.63) is 23.9 Å². The van der Waals surface area contributed by atoms with Gasteiger partial charge in [0.25, 0.3) is 0 Å². The van der Waals surface area contributed by atoms with Gasteiger partial charge in [-0.2, -0.15) is 0 Å². The van der Waals surface area contributed by atoms with E-state index in [1.54, 1.807) is 18.3 Å². The number of carboxylic acids is 1. The van der Waals surface area contributed by atoms with E-state index in [1.165, 1.54) is 0 Å². The summed E-state index contributed by atoms with van der Waals surface area (Å²) in [4.78, 5) is 17.1. The Labute approximate surface area is 111 Å². The Morgan fingerprint density at radius 3 is 2.67 bits per heavy atom. The first kappa shape index (κ1) is 12.5. The van der Waals surface area contributed by atoms with Crippen molar-refractivity contribution in [3.63, 3.8) is 0 Å². The van der Waals surface area contributed by atoms with Gasteiger partial charge in [-0.25, -0.2) is 9.78 Å². The molecule has 4 nitrogen and oxygen atoms in total. The predicted molar refractivity (Wildman–Crippen MR) is 59.8 cm³/mol. The van der Waals surface area contributed by atoms with E-state index in [2.05, 4.69) is 4.98 Å². The van der Waals surface area contributed by atoms with Crippen molar-refractivity contribution in [2.24, 2.45) is 0 Å². The first-order chi connectivity index (χ1) is 6.79. The molecule has 1 fully saturated rings. The monoisotopic (exact) mass is 216 g/mol. The number of rotatable bonds is 2. The van der Waals surface area contributed by atoms with Crippen LogP contribution >= 0.6 is 0 Å². The molecule has 1 aliphatic heterocycles. The maximum absolute atomic E-state index is 10.9. The molecule has 0 atom stereocenters. The molecule has 15 heavy (non-hydrogen) atoms. The van der Waals surface area contributed by atoms with Crippen LogP contribution in [0.5, 0.6) is 0 Å². The molecule has 0 aliphatic carbocycles. The van der Waals surface area contributed by atoms with Gasteiger partial charge in [0.1, 0.15) is 11.4 Å². The average Bonchev–Trinajstić information content (AvgIpc) is 2.70. The molecule has 0 spiro atoms.